The molecule has 0 spiro atoms. The molecule has 3 rings (SSSR count). The van der Waals surface area contributed by atoms with E-state index in [4.69, 9.17) is 0 Å². The summed E-state index contributed by atoms with van der Waals surface area (Å²) in [6.45, 7) is 4.81. The lowest BCUT2D eigenvalue weighted by Gasteiger charge is -2.11. The average Bonchev–Trinajstić information content (AvgIpc) is 3.11. The highest BCUT2D eigenvalue weighted by Gasteiger charge is 2.27. The lowest BCUT2D eigenvalue weighted by Crippen LogP contribution is -2.40. The molecule has 3 N–H and O–H groups in total. The number of carbonyl (C=O) groups excluding carboxylic acids is 1. The number of aromatic nitrogens is 3. The van der Waals surface area contributed by atoms with Gasteiger partial charge in [-0.2, -0.15) is 5.10 Å². The van der Waals surface area contributed by atoms with Crippen molar-refractivity contribution in [3.05, 3.63) is 41.3 Å². The molecule has 122 valence electrons. The lowest BCUT2D eigenvalue weighted by atomic mass is 10.2. The zero-order valence-corrected chi connectivity index (χ0v) is 13.3. The van der Waals surface area contributed by atoms with Crippen LogP contribution in [-0.2, 0) is 11.3 Å². The second-order valence-electron chi connectivity index (χ2n) is 5.93. The third kappa shape index (κ3) is 3.57. The Morgan fingerprint density at radius 1 is 1.48 bits per heavy atom. The van der Waals surface area contributed by atoms with Gasteiger partial charge in [0.2, 0.25) is 5.91 Å². The van der Waals surface area contributed by atoms with Crippen LogP contribution in [0.25, 0.3) is 5.82 Å². The van der Waals surface area contributed by atoms with Gasteiger partial charge in [0.05, 0.1) is 17.8 Å². The van der Waals surface area contributed by atoms with Crippen molar-refractivity contribution < 1.29 is 9.90 Å². The number of hydrogen-bond donors (Lipinski definition) is 3. The fraction of sp³-hybridized carbons (Fsp3) is 0.438. The molecule has 0 bridgehead atoms. The Hall–Kier alpha value is -2.25. The van der Waals surface area contributed by atoms with Gasteiger partial charge in [-0.3, -0.25) is 4.79 Å². The maximum absolute atomic E-state index is 12.0. The van der Waals surface area contributed by atoms with E-state index in [1.807, 2.05) is 32.0 Å². The number of aryl methyl sites for hydroxylation is 2. The Bertz CT molecular complexity index is 695. The van der Waals surface area contributed by atoms with Gasteiger partial charge in [-0.15, -0.1) is 0 Å². The van der Waals surface area contributed by atoms with Gasteiger partial charge in [0.25, 0.3) is 0 Å². The molecule has 3 heterocycles. The number of aliphatic hydroxyl groups is 1. The molecule has 1 saturated heterocycles. The Balaban J connectivity index is 1.59. The second-order valence-corrected chi connectivity index (χ2v) is 5.93. The minimum Gasteiger partial charge on any atom is -0.392 e. The predicted molar refractivity (Wildman–Crippen MR) is 85.1 cm³/mol. The van der Waals surface area contributed by atoms with E-state index in [1.54, 1.807) is 10.9 Å². The molecular formula is C16H21N5O2. The van der Waals surface area contributed by atoms with Gasteiger partial charge in [-0.05, 0) is 38.0 Å². The molecule has 2 atom stereocenters. The number of rotatable bonds is 4. The van der Waals surface area contributed by atoms with E-state index in [2.05, 4.69) is 20.7 Å². The first-order valence-electron chi connectivity index (χ1n) is 7.70. The third-order valence-corrected chi connectivity index (χ3v) is 3.93. The summed E-state index contributed by atoms with van der Waals surface area (Å²) in [7, 11) is 0. The monoisotopic (exact) mass is 315 g/mol. The molecule has 1 aliphatic heterocycles. The highest BCUT2D eigenvalue weighted by atomic mass is 16.3. The minimum atomic E-state index is -0.438. The van der Waals surface area contributed by atoms with E-state index >= 15 is 0 Å². The summed E-state index contributed by atoms with van der Waals surface area (Å²) in [6.07, 6.45) is 1.76. The largest absolute Gasteiger partial charge is 0.392 e. The van der Waals surface area contributed by atoms with Crippen molar-refractivity contribution in [2.45, 2.75) is 39.0 Å². The molecule has 1 amide bonds. The molecule has 1 aliphatic rings. The molecular weight excluding hydrogens is 294 g/mol. The number of pyridine rings is 1. The zero-order chi connectivity index (χ0) is 16.4. The molecule has 0 aromatic carbocycles. The number of amides is 1. The Labute approximate surface area is 134 Å². The molecule has 7 nitrogen and oxygen atoms in total. The molecule has 2 aromatic heterocycles. The van der Waals surface area contributed by atoms with Crippen LogP contribution in [0.5, 0.6) is 0 Å². The van der Waals surface area contributed by atoms with Gasteiger partial charge in [0.15, 0.2) is 5.82 Å². The highest BCUT2D eigenvalue weighted by Crippen LogP contribution is 2.11. The lowest BCUT2D eigenvalue weighted by molar-refractivity contribution is -0.123. The van der Waals surface area contributed by atoms with E-state index in [0.29, 0.717) is 19.5 Å². The van der Waals surface area contributed by atoms with Crippen molar-refractivity contribution >= 4 is 5.91 Å². The minimum absolute atomic E-state index is 0.0934. The van der Waals surface area contributed by atoms with Crippen LogP contribution in [0.15, 0.2) is 24.4 Å². The summed E-state index contributed by atoms with van der Waals surface area (Å²) >= 11 is 0. The van der Waals surface area contributed by atoms with Gasteiger partial charge in [0.1, 0.15) is 0 Å². The summed E-state index contributed by atoms with van der Waals surface area (Å²) in [4.78, 5) is 16.4. The Morgan fingerprint density at radius 3 is 2.87 bits per heavy atom. The molecule has 7 heteroatoms. The second kappa shape index (κ2) is 6.47. The maximum atomic E-state index is 12.0. The first-order valence-corrected chi connectivity index (χ1v) is 7.70. The number of nitrogens with one attached hydrogen (secondary N) is 2. The fourth-order valence-corrected chi connectivity index (χ4v) is 2.74. The van der Waals surface area contributed by atoms with Crippen molar-refractivity contribution in [3.8, 4) is 5.82 Å². The van der Waals surface area contributed by atoms with Gasteiger partial charge in [-0.25, -0.2) is 9.67 Å². The average molecular weight is 315 g/mol. The number of aliphatic hydroxyl groups excluding tert-OH is 1. The molecule has 23 heavy (non-hydrogen) atoms. The van der Waals surface area contributed by atoms with Crippen molar-refractivity contribution in [3.63, 3.8) is 0 Å². The van der Waals surface area contributed by atoms with E-state index in [9.17, 15) is 9.90 Å². The van der Waals surface area contributed by atoms with Gasteiger partial charge < -0.3 is 15.7 Å². The van der Waals surface area contributed by atoms with Crippen LogP contribution in [0.1, 0.15) is 23.4 Å². The zero-order valence-electron chi connectivity index (χ0n) is 13.3. The SMILES string of the molecule is Cc1cc(C)n(-c2ccc(CNC(=O)C3CC(O)CN3)cn2)n1. The topological polar surface area (TPSA) is 92.1 Å². The highest BCUT2D eigenvalue weighted by molar-refractivity contribution is 5.82. The van der Waals surface area contributed by atoms with E-state index < -0.39 is 6.10 Å². The van der Waals surface area contributed by atoms with E-state index in [1.165, 1.54) is 0 Å². The third-order valence-electron chi connectivity index (χ3n) is 3.93. The van der Waals surface area contributed by atoms with Gasteiger partial charge >= 0.3 is 0 Å². The number of nitrogens with zero attached hydrogens (tertiary/aromatic N) is 3. The normalized spacial score (nSPS) is 20.7. The molecule has 0 aliphatic carbocycles. The Morgan fingerprint density at radius 2 is 2.30 bits per heavy atom. The number of carbonyl (C=O) groups is 1. The standard InChI is InChI=1S/C16H21N5O2/c1-10-5-11(2)21(20-10)15-4-3-12(7-18-15)8-19-16(23)14-6-13(22)9-17-14/h3-5,7,13-14,17,22H,6,8-9H2,1-2H3,(H,19,23). The first kappa shape index (κ1) is 15.6. The van der Waals surface area contributed by atoms with Crippen molar-refractivity contribution in [2.24, 2.45) is 0 Å². The molecule has 0 radical (unpaired) electrons. The summed E-state index contributed by atoms with van der Waals surface area (Å²) in [5.41, 5.74) is 2.90. The van der Waals surface area contributed by atoms with Crippen LogP contribution < -0.4 is 10.6 Å². The quantitative estimate of drug-likeness (QED) is 0.751. The van der Waals surface area contributed by atoms with Crippen molar-refractivity contribution in [1.82, 2.24) is 25.4 Å². The smallest absolute Gasteiger partial charge is 0.237 e. The maximum Gasteiger partial charge on any atom is 0.237 e. The number of hydrogen-bond acceptors (Lipinski definition) is 5. The van der Waals surface area contributed by atoms with Crippen LogP contribution in [0.4, 0.5) is 0 Å². The molecule has 2 unspecified atom stereocenters. The van der Waals surface area contributed by atoms with Crippen LogP contribution in [0, 0.1) is 13.8 Å². The van der Waals surface area contributed by atoms with Gasteiger partial charge in [-0.1, -0.05) is 6.07 Å². The summed E-state index contributed by atoms with van der Waals surface area (Å²) in [5, 5.41) is 19.7. The fourth-order valence-electron chi connectivity index (χ4n) is 2.74. The van der Waals surface area contributed by atoms with Crippen molar-refractivity contribution in [1.29, 1.82) is 0 Å². The van der Waals surface area contributed by atoms with Crippen LogP contribution >= 0.6 is 0 Å². The molecule has 1 fully saturated rings. The van der Waals surface area contributed by atoms with E-state index in [-0.39, 0.29) is 11.9 Å². The summed E-state index contributed by atoms with van der Waals surface area (Å²) in [5.74, 6) is 0.662. The summed E-state index contributed by atoms with van der Waals surface area (Å²) < 4.78 is 1.79. The molecule has 0 saturated carbocycles. The summed E-state index contributed by atoms with van der Waals surface area (Å²) in [6, 6.07) is 5.50. The first-order chi connectivity index (χ1) is 11.0. The van der Waals surface area contributed by atoms with Gasteiger partial charge in [0, 0.05) is 25.0 Å². The van der Waals surface area contributed by atoms with Crippen LogP contribution in [0.3, 0.4) is 0 Å². The number of β-amino-alcohol motifs (C(OH)–C–C–N with tert-alkyl or cyclic N) is 1. The van der Waals surface area contributed by atoms with Crippen LogP contribution in [0.2, 0.25) is 0 Å². The molecule has 2 aromatic rings. The van der Waals surface area contributed by atoms with Crippen LogP contribution in [-0.4, -0.2) is 44.5 Å². The predicted octanol–water partition coefficient (Wildman–Crippen LogP) is 0.223. The van der Waals surface area contributed by atoms with Crippen molar-refractivity contribution in [2.75, 3.05) is 6.54 Å². The Kier molecular flexibility index (Phi) is 4.40. The van der Waals surface area contributed by atoms with E-state index in [0.717, 1.165) is 22.8 Å².